The van der Waals surface area contributed by atoms with Gasteiger partial charge in [-0.05, 0) is 5.92 Å². The molecule has 0 bridgehead atoms. The van der Waals surface area contributed by atoms with Crippen molar-refractivity contribution >= 4 is 11.9 Å². The Bertz CT molecular complexity index is 345. The zero-order chi connectivity index (χ0) is 13.3. The van der Waals surface area contributed by atoms with Gasteiger partial charge in [0, 0.05) is 32.7 Å². The Hall–Kier alpha value is -1.30. The highest BCUT2D eigenvalue weighted by atomic mass is 16.2. The fraction of sp³-hybridized carbons (Fsp3) is 0.833. The third-order valence-corrected chi connectivity index (χ3v) is 3.92. The number of hydrogen-bond acceptors (Lipinski definition) is 3. The molecule has 0 spiro atoms. The van der Waals surface area contributed by atoms with E-state index in [1.165, 1.54) is 0 Å². The molecule has 3 N–H and O–H groups in total. The summed E-state index contributed by atoms with van der Waals surface area (Å²) in [4.78, 5) is 27.5. The van der Waals surface area contributed by atoms with Crippen molar-refractivity contribution in [1.82, 2.24) is 15.1 Å². The van der Waals surface area contributed by atoms with Gasteiger partial charge in [0.15, 0.2) is 0 Å². The molecule has 2 unspecified atom stereocenters. The van der Waals surface area contributed by atoms with Crippen LogP contribution in [0.1, 0.15) is 13.8 Å². The SMILES string of the molecule is CC(C)C(CN)C(=O)N1CCN2C(=O)NCC2C1. The van der Waals surface area contributed by atoms with E-state index in [1.54, 1.807) is 0 Å². The van der Waals surface area contributed by atoms with Crippen LogP contribution in [-0.4, -0.2) is 60.5 Å². The molecule has 0 saturated carbocycles. The third kappa shape index (κ3) is 2.29. The van der Waals surface area contributed by atoms with Gasteiger partial charge in [0.2, 0.25) is 5.91 Å². The van der Waals surface area contributed by atoms with Gasteiger partial charge >= 0.3 is 6.03 Å². The molecule has 2 rings (SSSR count). The van der Waals surface area contributed by atoms with Crippen LogP contribution in [0.2, 0.25) is 0 Å². The Morgan fingerprint density at radius 1 is 1.50 bits per heavy atom. The van der Waals surface area contributed by atoms with Gasteiger partial charge in [-0.2, -0.15) is 0 Å². The largest absolute Gasteiger partial charge is 0.338 e. The van der Waals surface area contributed by atoms with Crippen LogP contribution in [0.5, 0.6) is 0 Å². The summed E-state index contributed by atoms with van der Waals surface area (Å²) in [7, 11) is 0. The standard InChI is InChI=1S/C12H22N4O2/c1-8(2)10(5-13)11(17)15-3-4-16-9(7-15)6-14-12(16)18/h8-10H,3-7,13H2,1-2H3,(H,14,18). The Morgan fingerprint density at radius 3 is 2.83 bits per heavy atom. The minimum Gasteiger partial charge on any atom is -0.338 e. The topological polar surface area (TPSA) is 78.7 Å². The van der Waals surface area contributed by atoms with Gasteiger partial charge in [-0.15, -0.1) is 0 Å². The second-order valence-corrected chi connectivity index (χ2v) is 5.40. The van der Waals surface area contributed by atoms with Crippen LogP contribution in [0.3, 0.4) is 0 Å². The molecule has 2 aliphatic heterocycles. The molecule has 0 aromatic heterocycles. The van der Waals surface area contributed by atoms with Crippen molar-refractivity contribution in [3.05, 3.63) is 0 Å². The third-order valence-electron chi connectivity index (χ3n) is 3.92. The van der Waals surface area contributed by atoms with Crippen LogP contribution in [-0.2, 0) is 4.79 Å². The van der Waals surface area contributed by atoms with Crippen molar-refractivity contribution in [3.63, 3.8) is 0 Å². The molecule has 6 nitrogen and oxygen atoms in total. The molecule has 0 radical (unpaired) electrons. The van der Waals surface area contributed by atoms with Crippen LogP contribution in [0, 0.1) is 11.8 Å². The molecule has 18 heavy (non-hydrogen) atoms. The summed E-state index contributed by atoms with van der Waals surface area (Å²) in [6, 6.07) is 0.118. The van der Waals surface area contributed by atoms with Crippen molar-refractivity contribution in [3.8, 4) is 0 Å². The van der Waals surface area contributed by atoms with Crippen molar-refractivity contribution in [2.75, 3.05) is 32.7 Å². The zero-order valence-electron chi connectivity index (χ0n) is 11.1. The minimum absolute atomic E-state index is 0.00802. The van der Waals surface area contributed by atoms with Crippen LogP contribution in [0.15, 0.2) is 0 Å². The first-order chi connectivity index (χ1) is 8.54. The predicted molar refractivity (Wildman–Crippen MR) is 67.9 cm³/mol. The maximum Gasteiger partial charge on any atom is 0.317 e. The lowest BCUT2D eigenvalue weighted by atomic mass is 9.94. The van der Waals surface area contributed by atoms with Gasteiger partial charge in [0.05, 0.1) is 12.0 Å². The molecule has 0 aromatic carbocycles. The smallest absolute Gasteiger partial charge is 0.317 e. The quantitative estimate of drug-likeness (QED) is 0.709. The summed E-state index contributed by atoms with van der Waals surface area (Å²) in [5.41, 5.74) is 5.69. The number of amides is 3. The average molecular weight is 254 g/mol. The molecular formula is C12H22N4O2. The van der Waals surface area contributed by atoms with Crippen molar-refractivity contribution in [1.29, 1.82) is 0 Å². The van der Waals surface area contributed by atoms with Gasteiger partial charge in [-0.25, -0.2) is 4.79 Å². The molecule has 2 aliphatic rings. The molecule has 2 atom stereocenters. The Kier molecular flexibility index (Phi) is 3.75. The molecule has 2 saturated heterocycles. The summed E-state index contributed by atoms with van der Waals surface area (Å²) in [5.74, 6) is 0.275. The van der Waals surface area contributed by atoms with E-state index in [2.05, 4.69) is 5.32 Å². The Labute approximate surface area is 107 Å². The lowest BCUT2D eigenvalue weighted by molar-refractivity contribution is -0.138. The fourth-order valence-corrected chi connectivity index (χ4v) is 2.70. The van der Waals surface area contributed by atoms with Crippen LogP contribution in [0.25, 0.3) is 0 Å². The van der Waals surface area contributed by atoms with E-state index in [0.29, 0.717) is 32.7 Å². The van der Waals surface area contributed by atoms with Crippen molar-refractivity contribution < 1.29 is 9.59 Å². The number of nitrogens with zero attached hydrogens (tertiary/aromatic N) is 2. The zero-order valence-corrected chi connectivity index (χ0v) is 11.1. The molecule has 2 fully saturated rings. The highest BCUT2D eigenvalue weighted by Crippen LogP contribution is 2.19. The number of carbonyl (C=O) groups excluding carboxylic acids is 2. The van der Waals surface area contributed by atoms with E-state index in [0.717, 1.165) is 0 Å². The maximum atomic E-state index is 12.4. The summed E-state index contributed by atoms with van der Waals surface area (Å²) in [6.07, 6.45) is 0. The number of carbonyl (C=O) groups is 2. The second kappa shape index (κ2) is 5.14. The summed E-state index contributed by atoms with van der Waals surface area (Å²) in [6.45, 7) is 6.93. The number of hydrogen-bond donors (Lipinski definition) is 2. The first-order valence-corrected chi connectivity index (χ1v) is 6.58. The van der Waals surface area contributed by atoms with Gasteiger partial charge in [-0.1, -0.05) is 13.8 Å². The van der Waals surface area contributed by atoms with Gasteiger partial charge in [0.1, 0.15) is 0 Å². The molecular weight excluding hydrogens is 232 g/mol. The summed E-state index contributed by atoms with van der Waals surface area (Å²) in [5, 5.41) is 2.81. The van der Waals surface area contributed by atoms with Gasteiger partial charge in [-0.3, -0.25) is 4.79 Å². The number of fused-ring (bicyclic) bond motifs is 1. The van der Waals surface area contributed by atoms with Crippen LogP contribution >= 0.6 is 0 Å². The fourth-order valence-electron chi connectivity index (χ4n) is 2.70. The minimum atomic E-state index is -0.110. The molecule has 0 aliphatic carbocycles. The number of rotatable bonds is 3. The van der Waals surface area contributed by atoms with E-state index < -0.39 is 0 Å². The van der Waals surface area contributed by atoms with E-state index in [1.807, 2.05) is 23.6 Å². The highest BCUT2D eigenvalue weighted by Gasteiger charge is 2.38. The first kappa shape index (κ1) is 13.1. The monoisotopic (exact) mass is 254 g/mol. The number of nitrogens with two attached hydrogens (primary N) is 1. The number of piperazine rings is 1. The molecule has 102 valence electrons. The van der Waals surface area contributed by atoms with Crippen molar-refractivity contribution in [2.24, 2.45) is 17.6 Å². The predicted octanol–water partition coefficient (Wildman–Crippen LogP) is -0.547. The van der Waals surface area contributed by atoms with Gasteiger partial charge in [0.25, 0.3) is 0 Å². The highest BCUT2D eigenvalue weighted by molar-refractivity contribution is 5.81. The Morgan fingerprint density at radius 2 is 2.22 bits per heavy atom. The van der Waals surface area contributed by atoms with Crippen LogP contribution in [0.4, 0.5) is 4.79 Å². The number of urea groups is 1. The number of nitrogens with one attached hydrogen (secondary N) is 1. The molecule has 3 amide bonds. The molecule has 2 heterocycles. The Balaban J connectivity index is 1.99. The van der Waals surface area contributed by atoms with E-state index in [4.69, 9.17) is 5.73 Å². The molecule has 0 aromatic rings. The summed E-state index contributed by atoms with van der Waals surface area (Å²) < 4.78 is 0. The second-order valence-electron chi connectivity index (χ2n) is 5.40. The first-order valence-electron chi connectivity index (χ1n) is 6.58. The lowest BCUT2D eigenvalue weighted by Gasteiger charge is -2.38. The normalized spacial score (nSPS) is 25.1. The van der Waals surface area contributed by atoms with E-state index in [-0.39, 0.29) is 29.8 Å². The van der Waals surface area contributed by atoms with Crippen LogP contribution < -0.4 is 11.1 Å². The van der Waals surface area contributed by atoms with Crippen molar-refractivity contribution in [2.45, 2.75) is 19.9 Å². The lowest BCUT2D eigenvalue weighted by Crippen LogP contribution is -2.55. The van der Waals surface area contributed by atoms with E-state index >= 15 is 0 Å². The maximum absolute atomic E-state index is 12.4. The van der Waals surface area contributed by atoms with E-state index in [9.17, 15) is 9.59 Å². The van der Waals surface area contributed by atoms with Gasteiger partial charge < -0.3 is 20.9 Å². The average Bonchev–Trinajstić information content (AvgIpc) is 2.71. The molecule has 6 heteroatoms. The summed E-state index contributed by atoms with van der Waals surface area (Å²) >= 11 is 0.